The van der Waals surface area contributed by atoms with Crippen LogP contribution in [0.25, 0.3) is 0 Å². The zero-order chi connectivity index (χ0) is 19.0. The van der Waals surface area contributed by atoms with Gasteiger partial charge in [-0.25, -0.2) is 9.78 Å². The largest absolute Gasteiger partial charge is 0.444 e. The summed E-state index contributed by atoms with van der Waals surface area (Å²) in [4.78, 5) is 19.5. The van der Waals surface area contributed by atoms with Crippen molar-refractivity contribution in [3.8, 4) is 0 Å². The number of carbonyl (C=O) groups excluding carboxylic acids is 1. The lowest BCUT2D eigenvalue weighted by atomic mass is 10.2. The smallest absolute Gasteiger partial charge is 0.419 e. The van der Waals surface area contributed by atoms with Gasteiger partial charge >= 0.3 is 12.3 Å². The Morgan fingerprint density at radius 1 is 1.28 bits per heavy atom. The first-order chi connectivity index (χ1) is 11.4. The number of alkyl halides is 3. The van der Waals surface area contributed by atoms with Crippen molar-refractivity contribution < 1.29 is 22.7 Å². The van der Waals surface area contributed by atoms with Crippen LogP contribution < -0.4 is 4.90 Å². The summed E-state index contributed by atoms with van der Waals surface area (Å²) < 4.78 is 43.7. The van der Waals surface area contributed by atoms with Gasteiger partial charge in [-0.05, 0) is 39.8 Å². The highest BCUT2D eigenvalue weighted by Crippen LogP contribution is 2.35. The van der Waals surface area contributed by atoms with Crippen molar-refractivity contribution in [3.05, 3.63) is 22.8 Å². The molecular weight excluding hydrogens is 359 g/mol. The number of carbonyl (C=O) groups is 1. The van der Waals surface area contributed by atoms with Gasteiger partial charge in [0.25, 0.3) is 0 Å². The molecule has 1 atom stereocenters. The molecular formula is C16H21ClF3N3O2. The minimum atomic E-state index is -4.54. The third kappa shape index (κ3) is 4.90. The van der Waals surface area contributed by atoms with E-state index in [-0.39, 0.29) is 6.04 Å². The third-order valence-electron chi connectivity index (χ3n) is 3.72. The Bertz CT molecular complexity index is 646. The fourth-order valence-electron chi connectivity index (χ4n) is 2.57. The molecule has 140 valence electrons. The fraction of sp³-hybridized carbons (Fsp3) is 0.625. The molecule has 1 fully saturated rings. The maximum absolute atomic E-state index is 12.8. The first-order valence-electron chi connectivity index (χ1n) is 7.87. The lowest BCUT2D eigenvalue weighted by Crippen LogP contribution is -2.55. The average molecular weight is 380 g/mol. The van der Waals surface area contributed by atoms with Crippen molar-refractivity contribution in [1.82, 2.24) is 9.88 Å². The maximum atomic E-state index is 12.8. The van der Waals surface area contributed by atoms with Crippen molar-refractivity contribution in [3.63, 3.8) is 0 Å². The van der Waals surface area contributed by atoms with Crippen molar-refractivity contribution in [2.45, 2.75) is 45.5 Å². The topological polar surface area (TPSA) is 45.7 Å². The Morgan fingerprint density at radius 2 is 1.92 bits per heavy atom. The number of hydrogen-bond donors (Lipinski definition) is 0. The average Bonchev–Trinajstić information content (AvgIpc) is 2.43. The van der Waals surface area contributed by atoms with Gasteiger partial charge in [-0.15, -0.1) is 0 Å². The number of pyridine rings is 1. The SMILES string of the molecule is CC1CN(c2ccc(C(F)(F)F)c(Cl)n2)CCN1C(=O)OC(C)(C)C. The zero-order valence-electron chi connectivity index (χ0n) is 14.5. The van der Waals surface area contributed by atoms with Crippen LogP contribution in [0.4, 0.5) is 23.8 Å². The number of piperazine rings is 1. The zero-order valence-corrected chi connectivity index (χ0v) is 15.3. The summed E-state index contributed by atoms with van der Waals surface area (Å²) >= 11 is 5.68. The lowest BCUT2D eigenvalue weighted by molar-refractivity contribution is -0.137. The Labute approximate surface area is 149 Å². The van der Waals surface area contributed by atoms with Gasteiger partial charge in [0.05, 0.1) is 5.56 Å². The monoisotopic (exact) mass is 379 g/mol. The molecule has 1 unspecified atom stereocenters. The number of amides is 1. The Kier molecular flexibility index (Phi) is 5.41. The second-order valence-corrected chi connectivity index (χ2v) is 7.33. The molecule has 0 spiro atoms. The molecule has 1 aliphatic heterocycles. The number of rotatable bonds is 1. The molecule has 0 bridgehead atoms. The standard InChI is InChI=1S/C16H21ClF3N3O2/c1-10-9-22(7-8-23(10)14(24)25-15(2,3)4)12-6-5-11(13(17)21-12)16(18,19)20/h5-6,10H,7-9H2,1-4H3. The van der Waals surface area contributed by atoms with E-state index in [2.05, 4.69) is 4.98 Å². The van der Waals surface area contributed by atoms with Gasteiger partial charge in [-0.3, -0.25) is 0 Å². The predicted octanol–water partition coefficient (Wildman–Crippen LogP) is 4.20. The van der Waals surface area contributed by atoms with Crippen LogP contribution in [-0.2, 0) is 10.9 Å². The number of hydrogen-bond acceptors (Lipinski definition) is 4. The van der Waals surface area contributed by atoms with Crippen molar-refractivity contribution >= 4 is 23.5 Å². The Balaban J connectivity index is 2.08. The summed E-state index contributed by atoms with van der Waals surface area (Å²) in [5.74, 6) is 0.355. The molecule has 5 nitrogen and oxygen atoms in total. The van der Waals surface area contributed by atoms with E-state index < -0.39 is 28.6 Å². The van der Waals surface area contributed by atoms with E-state index in [9.17, 15) is 18.0 Å². The summed E-state index contributed by atoms with van der Waals surface area (Å²) in [7, 11) is 0. The highest BCUT2D eigenvalue weighted by molar-refractivity contribution is 6.30. The number of nitrogens with zero attached hydrogens (tertiary/aromatic N) is 3. The van der Waals surface area contributed by atoms with Crippen LogP contribution in [0.2, 0.25) is 5.15 Å². The summed E-state index contributed by atoms with van der Waals surface area (Å²) in [6, 6.07) is 2.05. The second kappa shape index (κ2) is 6.90. The maximum Gasteiger partial charge on any atom is 0.419 e. The van der Waals surface area contributed by atoms with E-state index >= 15 is 0 Å². The van der Waals surface area contributed by atoms with E-state index in [1.807, 2.05) is 6.92 Å². The molecule has 2 rings (SSSR count). The summed E-state index contributed by atoms with van der Waals surface area (Å²) in [5.41, 5.74) is -1.55. The highest BCUT2D eigenvalue weighted by atomic mass is 35.5. The van der Waals surface area contributed by atoms with Gasteiger partial charge in [0.2, 0.25) is 0 Å². The molecule has 9 heteroatoms. The molecule has 0 saturated carbocycles. The number of ether oxygens (including phenoxy) is 1. The number of halogens is 4. The van der Waals surface area contributed by atoms with Crippen molar-refractivity contribution in [2.24, 2.45) is 0 Å². The van der Waals surface area contributed by atoms with Crippen molar-refractivity contribution in [1.29, 1.82) is 0 Å². The van der Waals surface area contributed by atoms with E-state index in [4.69, 9.17) is 16.3 Å². The second-order valence-electron chi connectivity index (χ2n) is 6.97. The first-order valence-corrected chi connectivity index (χ1v) is 8.24. The van der Waals surface area contributed by atoms with E-state index in [1.165, 1.54) is 6.07 Å². The molecule has 2 heterocycles. The molecule has 25 heavy (non-hydrogen) atoms. The van der Waals surface area contributed by atoms with Crippen LogP contribution in [0.3, 0.4) is 0 Å². The van der Waals surface area contributed by atoms with Crippen LogP contribution in [-0.4, -0.2) is 47.3 Å². The Hall–Kier alpha value is -1.70. The van der Waals surface area contributed by atoms with Crippen LogP contribution in [0, 0.1) is 0 Å². The van der Waals surface area contributed by atoms with Gasteiger partial charge in [0.1, 0.15) is 16.6 Å². The molecule has 1 amide bonds. The quantitative estimate of drug-likeness (QED) is 0.686. The fourth-order valence-corrected chi connectivity index (χ4v) is 2.83. The van der Waals surface area contributed by atoms with Gasteiger partial charge < -0.3 is 14.5 Å². The third-order valence-corrected chi connectivity index (χ3v) is 4.01. The first kappa shape index (κ1) is 19.6. The molecule has 0 aromatic carbocycles. The van der Waals surface area contributed by atoms with Crippen LogP contribution in [0.15, 0.2) is 12.1 Å². The highest BCUT2D eigenvalue weighted by Gasteiger charge is 2.35. The molecule has 1 aromatic heterocycles. The molecule has 1 saturated heterocycles. The summed E-state index contributed by atoms with van der Waals surface area (Å²) in [5, 5.41) is -0.577. The minimum absolute atomic E-state index is 0.175. The van der Waals surface area contributed by atoms with E-state index in [1.54, 1.807) is 30.6 Å². The molecule has 0 N–H and O–H groups in total. The molecule has 1 aromatic rings. The lowest BCUT2D eigenvalue weighted by Gasteiger charge is -2.40. The van der Waals surface area contributed by atoms with Gasteiger partial charge in [-0.1, -0.05) is 11.6 Å². The molecule has 0 aliphatic carbocycles. The van der Waals surface area contributed by atoms with Gasteiger partial charge in [0.15, 0.2) is 0 Å². The molecule has 1 aliphatic rings. The van der Waals surface area contributed by atoms with E-state index in [0.717, 1.165) is 6.07 Å². The van der Waals surface area contributed by atoms with Gasteiger partial charge in [0, 0.05) is 25.7 Å². The number of anilines is 1. The predicted molar refractivity (Wildman–Crippen MR) is 88.9 cm³/mol. The van der Waals surface area contributed by atoms with Gasteiger partial charge in [-0.2, -0.15) is 13.2 Å². The Morgan fingerprint density at radius 3 is 2.40 bits per heavy atom. The van der Waals surface area contributed by atoms with Crippen LogP contribution >= 0.6 is 11.6 Å². The van der Waals surface area contributed by atoms with Crippen LogP contribution in [0.1, 0.15) is 33.3 Å². The van der Waals surface area contributed by atoms with Crippen molar-refractivity contribution in [2.75, 3.05) is 24.5 Å². The summed E-state index contributed by atoms with van der Waals surface area (Å²) in [6.07, 6.45) is -4.94. The number of aromatic nitrogens is 1. The molecule has 0 radical (unpaired) electrons. The normalized spacial score (nSPS) is 19.1. The van der Waals surface area contributed by atoms with E-state index in [0.29, 0.717) is 25.5 Å². The minimum Gasteiger partial charge on any atom is -0.444 e. The summed E-state index contributed by atoms with van der Waals surface area (Å²) in [6.45, 7) is 8.46. The van der Waals surface area contributed by atoms with Crippen LogP contribution in [0.5, 0.6) is 0 Å².